The Labute approximate surface area is 91.4 Å². The van der Waals surface area contributed by atoms with Crippen molar-refractivity contribution in [2.45, 2.75) is 31.7 Å². The minimum Gasteiger partial charge on any atom is -0.497 e. The zero-order valence-electron chi connectivity index (χ0n) is 9.28. The van der Waals surface area contributed by atoms with Crippen LogP contribution < -0.4 is 10.5 Å². The average Bonchev–Trinajstić information content (AvgIpc) is 2.28. The molecular formula is C13H19NO. The summed E-state index contributed by atoms with van der Waals surface area (Å²) in [7, 11) is 1.70. The van der Waals surface area contributed by atoms with E-state index in [1.807, 2.05) is 12.1 Å². The molecule has 15 heavy (non-hydrogen) atoms. The van der Waals surface area contributed by atoms with E-state index in [2.05, 4.69) is 12.1 Å². The van der Waals surface area contributed by atoms with Gasteiger partial charge >= 0.3 is 0 Å². The Morgan fingerprint density at radius 1 is 1.27 bits per heavy atom. The Hall–Kier alpha value is -1.02. The van der Waals surface area contributed by atoms with Crippen LogP contribution in [-0.4, -0.2) is 13.2 Å². The summed E-state index contributed by atoms with van der Waals surface area (Å²) in [6.07, 6.45) is 4.90. The maximum atomic E-state index is 5.91. The van der Waals surface area contributed by atoms with E-state index in [4.69, 9.17) is 10.5 Å². The molecule has 82 valence electrons. The van der Waals surface area contributed by atoms with Gasteiger partial charge in [-0.3, -0.25) is 0 Å². The summed E-state index contributed by atoms with van der Waals surface area (Å²) < 4.78 is 5.12. The lowest BCUT2D eigenvalue weighted by Crippen LogP contribution is -2.39. The summed E-state index contributed by atoms with van der Waals surface area (Å²) in [5, 5.41) is 0. The van der Waals surface area contributed by atoms with Gasteiger partial charge in [0.2, 0.25) is 0 Å². The maximum Gasteiger partial charge on any atom is 0.118 e. The number of rotatable bonds is 4. The Balaban J connectivity index is 1.82. The van der Waals surface area contributed by atoms with Crippen molar-refractivity contribution in [3.05, 3.63) is 29.8 Å². The zero-order valence-corrected chi connectivity index (χ0v) is 9.28. The van der Waals surface area contributed by atoms with Crippen LogP contribution in [0, 0.1) is 5.92 Å². The molecule has 2 nitrogen and oxygen atoms in total. The summed E-state index contributed by atoms with van der Waals surface area (Å²) >= 11 is 0. The molecule has 1 aliphatic carbocycles. The minimum absolute atomic E-state index is 0.461. The van der Waals surface area contributed by atoms with Crippen molar-refractivity contribution in [2.75, 3.05) is 7.11 Å². The lowest BCUT2D eigenvalue weighted by Gasteiger charge is -2.33. The molecule has 0 saturated heterocycles. The highest BCUT2D eigenvalue weighted by Gasteiger charge is 2.26. The number of methoxy groups -OCH3 is 1. The molecule has 0 bridgehead atoms. The van der Waals surface area contributed by atoms with Gasteiger partial charge < -0.3 is 10.5 Å². The van der Waals surface area contributed by atoms with Gasteiger partial charge in [-0.1, -0.05) is 12.1 Å². The molecule has 1 saturated carbocycles. The molecule has 0 heterocycles. The predicted octanol–water partition coefficient (Wildman–Crippen LogP) is 2.37. The third-order valence-electron chi connectivity index (χ3n) is 3.44. The second-order valence-corrected chi connectivity index (χ2v) is 4.39. The standard InChI is InChI=1S/C13H19NO/c1-15-12-7-3-10(4-8-12)2-5-11-6-9-13(11)14/h3-4,7-8,11,13H,2,5-6,9,14H2,1H3. The monoisotopic (exact) mass is 205 g/mol. The van der Waals surface area contributed by atoms with Crippen LogP contribution in [0.3, 0.4) is 0 Å². The third-order valence-corrected chi connectivity index (χ3v) is 3.44. The Morgan fingerprint density at radius 2 is 2.00 bits per heavy atom. The topological polar surface area (TPSA) is 35.2 Å². The fourth-order valence-corrected chi connectivity index (χ4v) is 2.10. The van der Waals surface area contributed by atoms with E-state index in [-0.39, 0.29) is 0 Å². The lowest BCUT2D eigenvalue weighted by atomic mass is 9.77. The van der Waals surface area contributed by atoms with Gasteiger partial charge in [-0.25, -0.2) is 0 Å². The van der Waals surface area contributed by atoms with Gasteiger partial charge in [0.25, 0.3) is 0 Å². The molecule has 2 atom stereocenters. The molecule has 2 rings (SSSR count). The molecule has 2 heteroatoms. The second-order valence-electron chi connectivity index (χ2n) is 4.39. The molecule has 2 unspecified atom stereocenters. The van der Waals surface area contributed by atoms with Gasteiger partial charge in [-0.2, -0.15) is 0 Å². The summed E-state index contributed by atoms with van der Waals surface area (Å²) in [5.41, 5.74) is 7.30. The van der Waals surface area contributed by atoms with Crippen LogP contribution in [0.2, 0.25) is 0 Å². The Bertz CT molecular complexity index is 307. The average molecular weight is 205 g/mol. The van der Waals surface area contributed by atoms with Crippen LogP contribution in [0.25, 0.3) is 0 Å². The largest absolute Gasteiger partial charge is 0.497 e. The summed E-state index contributed by atoms with van der Waals surface area (Å²) in [5.74, 6) is 1.69. The van der Waals surface area contributed by atoms with Crippen molar-refractivity contribution in [3.63, 3.8) is 0 Å². The molecule has 2 N–H and O–H groups in total. The van der Waals surface area contributed by atoms with E-state index < -0.39 is 0 Å². The SMILES string of the molecule is COc1ccc(CCC2CCC2N)cc1. The number of nitrogens with two attached hydrogens (primary N) is 1. The van der Waals surface area contributed by atoms with Gasteiger partial charge in [0.05, 0.1) is 7.11 Å². The van der Waals surface area contributed by atoms with Crippen molar-refractivity contribution < 1.29 is 4.74 Å². The first kappa shape index (κ1) is 10.5. The predicted molar refractivity (Wildman–Crippen MR) is 62.0 cm³/mol. The molecule has 1 fully saturated rings. The quantitative estimate of drug-likeness (QED) is 0.819. The molecule has 0 aromatic heterocycles. The highest BCUT2D eigenvalue weighted by Crippen LogP contribution is 2.29. The van der Waals surface area contributed by atoms with Crippen molar-refractivity contribution >= 4 is 0 Å². The van der Waals surface area contributed by atoms with E-state index in [0.29, 0.717) is 6.04 Å². The van der Waals surface area contributed by atoms with Gasteiger partial charge in [0.15, 0.2) is 0 Å². The number of aryl methyl sites for hydroxylation is 1. The maximum absolute atomic E-state index is 5.91. The molecule has 0 amide bonds. The molecule has 0 spiro atoms. The Morgan fingerprint density at radius 3 is 2.47 bits per heavy atom. The number of ether oxygens (including phenoxy) is 1. The highest BCUT2D eigenvalue weighted by atomic mass is 16.5. The second kappa shape index (κ2) is 4.67. The molecule has 1 aromatic rings. The summed E-state index contributed by atoms with van der Waals surface area (Å²) in [6.45, 7) is 0. The Kier molecular flexibility index (Phi) is 3.27. The van der Waals surface area contributed by atoms with Crippen molar-refractivity contribution in [2.24, 2.45) is 11.7 Å². The van der Waals surface area contributed by atoms with Crippen LogP contribution in [0.15, 0.2) is 24.3 Å². The third kappa shape index (κ3) is 2.51. The number of hydrogen-bond donors (Lipinski definition) is 1. The van der Waals surface area contributed by atoms with Crippen LogP contribution in [0.4, 0.5) is 0 Å². The van der Waals surface area contributed by atoms with Crippen molar-refractivity contribution in [3.8, 4) is 5.75 Å². The fraction of sp³-hybridized carbons (Fsp3) is 0.538. The van der Waals surface area contributed by atoms with Crippen LogP contribution in [0.5, 0.6) is 5.75 Å². The van der Waals surface area contributed by atoms with E-state index in [1.165, 1.54) is 24.8 Å². The van der Waals surface area contributed by atoms with Crippen LogP contribution >= 0.6 is 0 Å². The van der Waals surface area contributed by atoms with E-state index >= 15 is 0 Å². The molecular weight excluding hydrogens is 186 g/mol. The fourth-order valence-electron chi connectivity index (χ4n) is 2.10. The van der Waals surface area contributed by atoms with E-state index in [9.17, 15) is 0 Å². The minimum atomic E-state index is 0.461. The molecule has 1 aromatic carbocycles. The lowest BCUT2D eigenvalue weighted by molar-refractivity contribution is 0.241. The number of benzene rings is 1. The summed E-state index contributed by atoms with van der Waals surface area (Å²) in [6, 6.07) is 8.79. The van der Waals surface area contributed by atoms with Crippen molar-refractivity contribution in [1.29, 1.82) is 0 Å². The highest BCUT2D eigenvalue weighted by molar-refractivity contribution is 5.27. The van der Waals surface area contributed by atoms with Gasteiger partial charge in [-0.05, 0) is 49.3 Å². The first-order chi connectivity index (χ1) is 7.29. The molecule has 0 radical (unpaired) electrons. The number of hydrogen-bond acceptors (Lipinski definition) is 2. The van der Waals surface area contributed by atoms with Gasteiger partial charge in [0, 0.05) is 6.04 Å². The molecule has 0 aliphatic heterocycles. The molecule has 1 aliphatic rings. The van der Waals surface area contributed by atoms with Gasteiger partial charge in [-0.15, -0.1) is 0 Å². The zero-order chi connectivity index (χ0) is 10.7. The summed E-state index contributed by atoms with van der Waals surface area (Å²) in [4.78, 5) is 0. The first-order valence-electron chi connectivity index (χ1n) is 5.68. The first-order valence-corrected chi connectivity index (χ1v) is 5.68. The van der Waals surface area contributed by atoms with Crippen molar-refractivity contribution in [1.82, 2.24) is 0 Å². The van der Waals surface area contributed by atoms with E-state index in [1.54, 1.807) is 7.11 Å². The smallest absolute Gasteiger partial charge is 0.118 e. The van der Waals surface area contributed by atoms with Crippen LogP contribution in [0.1, 0.15) is 24.8 Å². The van der Waals surface area contributed by atoms with E-state index in [0.717, 1.165) is 18.1 Å². The van der Waals surface area contributed by atoms with Crippen LogP contribution in [-0.2, 0) is 6.42 Å². The normalized spacial score (nSPS) is 24.7. The van der Waals surface area contributed by atoms with Gasteiger partial charge in [0.1, 0.15) is 5.75 Å².